The van der Waals surface area contributed by atoms with Gasteiger partial charge in [0.15, 0.2) is 0 Å². The molecule has 0 fully saturated rings. The molecule has 0 saturated heterocycles. The first-order chi connectivity index (χ1) is 9.54. The van der Waals surface area contributed by atoms with Crippen LogP contribution < -0.4 is 34.3 Å². The zero-order valence-electron chi connectivity index (χ0n) is 11.5. The average molecular weight is 316 g/mol. The second-order valence-corrected chi connectivity index (χ2v) is 5.04. The zero-order valence-corrected chi connectivity index (χ0v) is 14.3. The van der Waals surface area contributed by atoms with Crippen molar-refractivity contribution < 1.29 is 51.4 Å². The van der Waals surface area contributed by atoms with E-state index in [0.717, 1.165) is 0 Å². The van der Waals surface area contributed by atoms with Gasteiger partial charge in [-0.05, 0) is 17.7 Å². The maximum atomic E-state index is 10.8. The molecular weight excluding hydrogens is 303 g/mol. The number of para-hydroxylation sites is 1. The molecular formula is C14H13NaO5S. The van der Waals surface area contributed by atoms with Crippen LogP contribution in [0.25, 0.3) is 0 Å². The summed E-state index contributed by atoms with van der Waals surface area (Å²) >= 11 is 0. The van der Waals surface area contributed by atoms with E-state index in [4.69, 9.17) is 4.74 Å². The van der Waals surface area contributed by atoms with Crippen LogP contribution in [0.5, 0.6) is 5.75 Å². The van der Waals surface area contributed by atoms with E-state index < -0.39 is 16.5 Å². The van der Waals surface area contributed by atoms with Gasteiger partial charge in [-0.1, -0.05) is 48.5 Å². The topological polar surface area (TPSA) is 75.7 Å². The zero-order chi connectivity index (χ0) is 14.4. The number of benzene rings is 2. The van der Waals surface area contributed by atoms with Crippen LogP contribution in [0.3, 0.4) is 0 Å². The molecule has 2 rings (SSSR count). The third kappa shape index (κ3) is 6.60. The smallest absolute Gasteiger partial charge is 0.726 e. The van der Waals surface area contributed by atoms with Crippen molar-refractivity contribution in [3.63, 3.8) is 0 Å². The van der Waals surface area contributed by atoms with Crippen LogP contribution >= 0.6 is 0 Å². The molecule has 0 aliphatic carbocycles. The molecule has 0 heterocycles. The van der Waals surface area contributed by atoms with Crippen LogP contribution in [0.15, 0.2) is 60.7 Å². The van der Waals surface area contributed by atoms with Gasteiger partial charge in [0.05, 0.1) is 0 Å². The molecule has 106 valence electrons. The Hall–Kier alpha value is -0.890. The molecule has 0 aliphatic rings. The van der Waals surface area contributed by atoms with Gasteiger partial charge in [0.25, 0.3) is 0 Å². The fourth-order valence-corrected chi connectivity index (χ4v) is 2.13. The maximum absolute atomic E-state index is 10.8. The molecule has 0 spiro atoms. The predicted octanol–water partition coefficient (Wildman–Crippen LogP) is -0.712. The van der Waals surface area contributed by atoms with Crippen molar-refractivity contribution in [1.82, 2.24) is 0 Å². The first-order valence-electron chi connectivity index (χ1n) is 5.91. The number of hydrogen-bond acceptors (Lipinski definition) is 5. The Labute approximate surface area is 146 Å². The third-order valence-corrected chi connectivity index (χ3v) is 3.02. The van der Waals surface area contributed by atoms with E-state index in [0.29, 0.717) is 11.3 Å². The Balaban J connectivity index is 0.00000220. The number of ether oxygens (including phenoxy) is 1. The molecule has 0 saturated carbocycles. The number of hydrogen-bond donors (Lipinski definition) is 0. The van der Waals surface area contributed by atoms with Gasteiger partial charge < -0.3 is 9.29 Å². The van der Waals surface area contributed by atoms with Gasteiger partial charge in [0.2, 0.25) is 10.4 Å². The molecule has 5 nitrogen and oxygen atoms in total. The summed E-state index contributed by atoms with van der Waals surface area (Å²) in [6, 6.07) is 17.5. The molecule has 0 radical (unpaired) electrons. The summed E-state index contributed by atoms with van der Waals surface area (Å²) in [7, 11) is -4.81. The Bertz CT molecular complexity index is 631. The van der Waals surface area contributed by atoms with Crippen LogP contribution in [-0.2, 0) is 14.6 Å². The van der Waals surface area contributed by atoms with Gasteiger partial charge in [0.1, 0.15) is 18.5 Å². The Morgan fingerprint density at radius 1 is 0.952 bits per heavy atom. The SMILES string of the molecule is O=S(=O)([O-])OC(COc1ccccc1)c1ccccc1.[Na+]. The summed E-state index contributed by atoms with van der Waals surface area (Å²) in [5, 5.41) is 0. The average Bonchev–Trinajstić information content (AvgIpc) is 2.44. The molecule has 0 N–H and O–H groups in total. The summed E-state index contributed by atoms with van der Waals surface area (Å²) < 4.78 is 42.4. The predicted molar refractivity (Wildman–Crippen MR) is 71.9 cm³/mol. The fourth-order valence-electron chi connectivity index (χ4n) is 1.68. The summed E-state index contributed by atoms with van der Waals surface area (Å²) in [5.74, 6) is 0.570. The van der Waals surface area contributed by atoms with E-state index >= 15 is 0 Å². The molecule has 2 aromatic rings. The first kappa shape index (κ1) is 18.2. The molecule has 0 aliphatic heterocycles. The van der Waals surface area contributed by atoms with E-state index in [1.807, 2.05) is 6.07 Å². The van der Waals surface area contributed by atoms with Gasteiger partial charge in [-0.15, -0.1) is 0 Å². The first-order valence-corrected chi connectivity index (χ1v) is 7.25. The van der Waals surface area contributed by atoms with Crippen LogP contribution in [0, 0.1) is 0 Å². The van der Waals surface area contributed by atoms with Crippen molar-refractivity contribution >= 4 is 10.4 Å². The quantitative estimate of drug-likeness (QED) is 0.400. The number of rotatable bonds is 6. The van der Waals surface area contributed by atoms with Gasteiger partial charge in [0, 0.05) is 0 Å². The molecule has 1 atom stereocenters. The summed E-state index contributed by atoms with van der Waals surface area (Å²) in [4.78, 5) is 0. The van der Waals surface area contributed by atoms with Crippen LogP contribution in [0.2, 0.25) is 0 Å². The van der Waals surface area contributed by atoms with Crippen molar-refractivity contribution in [1.29, 1.82) is 0 Å². The molecule has 7 heteroatoms. The van der Waals surface area contributed by atoms with E-state index in [1.54, 1.807) is 54.6 Å². The molecule has 0 amide bonds. The van der Waals surface area contributed by atoms with Crippen molar-refractivity contribution in [3.05, 3.63) is 66.2 Å². The normalized spacial score (nSPS) is 12.2. The van der Waals surface area contributed by atoms with Gasteiger partial charge in [-0.25, -0.2) is 8.42 Å². The van der Waals surface area contributed by atoms with Crippen molar-refractivity contribution in [3.8, 4) is 5.75 Å². The second kappa shape index (κ2) is 8.53. The summed E-state index contributed by atoms with van der Waals surface area (Å²) in [6.45, 7) is -0.0739. The molecule has 0 bridgehead atoms. The van der Waals surface area contributed by atoms with E-state index in [9.17, 15) is 13.0 Å². The van der Waals surface area contributed by atoms with Gasteiger partial charge in [-0.2, -0.15) is 0 Å². The van der Waals surface area contributed by atoms with Gasteiger partial charge in [-0.3, -0.25) is 4.18 Å². The van der Waals surface area contributed by atoms with Crippen LogP contribution in [0.4, 0.5) is 0 Å². The Morgan fingerprint density at radius 3 is 2.00 bits per heavy atom. The van der Waals surface area contributed by atoms with Crippen molar-refractivity contribution in [2.75, 3.05) is 6.61 Å². The van der Waals surface area contributed by atoms with E-state index in [-0.39, 0.29) is 36.2 Å². The minimum atomic E-state index is -4.81. The Kier molecular flexibility index (Phi) is 7.37. The molecule has 1 unspecified atom stereocenters. The molecule has 2 aromatic carbocycles. The summed E-state index contributed by atoms with van der Waals surface area (Å²) in [5.41, 5.74) is 0.558. The third-order valence-electron chi connectivity index (χ3n) is 2.55. The Morgan fingerprint density at radius 2 is 1.48 bits per heavy atom. The standard InChI is InChI=1S/C14H14O5S.Na/c15-20(16,17)19-14(12-7-3-1-4-8-12)11-18-13-9-5-2-6-10-13;/h1-10,14H,11H2,(H,15,16,17);/q;+1/p-1. The summed E-state index contributed by atoms with van der Waals surface area (Å²) in [6.07, 6.45) is -0.973. The van der Waals surface area contributed by atoms with E-state index in [2.05, 4.69) is 4.18 Å². The minimum Gasteiger partial charge on any atom is -0.726 e. The van der Waals surface area contributed by atoms with E-state index in [1.165, 1.54) is 0 Å². The molecule has 0 aromatic heterocycles. The van der Waals surface area contributed by atoms with Crippen LogP contribution in [0.1, 0.15) is 11.7 Å². The maximum Gasteiger partial charge on any atom is 1.00 e. The van der Waals surface area contributed by atoms with Crippen molar-refractivity contribution in [2.24, 2.45) is 0 Å². The van der Waals surface area contributed by atoms with Crippen molar-refractivity contribution in [2.45, 2.75) is 6.10 Å². The monoisotopic (exact) mass is 316 g/mol. The second-order valence-electron chi connectivity index (χ2n) is 4.03. The fraction of sp³-hybridized carbons (Fsp3) is 0.143. The minimum absolute atomic E-state index is 0. The largest absolute Gasteiger partial charge is 1.00 e. The van der Waals surface area contributed by atoms with Crippen LogP contribution in [-0.4, -0.2) is 19.6 Å². The molecule has 21 heavy (non-hydrogen) atoms. The van der Waals surface area contributed by atoms with Gasteiger partial charge >= 0.3 is 29.6 Å².